The fourth-order valence-electron chi connectivity index (χ4n) is 3.02. The van der Waals surface area contributed by atoms with Crippen molar-refractivity contribution < 1.29 is 19.1 Å². The molecule has 0 aromatic heterocycles. The van der Waals surface area contributed by atoms with Crippen molar-refractivity contribution in [1.29, 1.82) is 0 Å². The minimum atomic E-state index is -0.650. The lowest BCUT2D eigenvalue weighted by molar-refractivity contribution is -0.145. The number of nitrogens with one attached hydrogen (secondary N) is 2. The molecule has 0 unspecified atom stereocenters. The molecule has 2 rings (SSSR count). The minimum absolute atomic E-state index is 0.205. The van der Waals surface area contributed by atoms with Crippen LogP contribution < -0.4 is 10.6 Å². The number of esters is 1. The van der Waals surface area contributed by atoms with Crippen LogP contribution in [0.25, 0.3) is 0 Å². The van der Waals surface area contributed by atoms with Crippen LogP contribution >= 0.6 is 11.8 Å². The Morgan fingerprint density at radius 3 is 2.70 bits per heavy atom. The number of ether oxygens (including phenoxy) is 1. The molecule has 1 heterocycles. The van der Waals surface area contributed by atoms with Crippen molar-refractivity contribution >= 4 is 35.4 Å². The van der Waals surface area contributed by atoms with Crippen LogP contribution in [-0.4, -0.2) is 61.1 Å². The number of urea groups is 1. The molecule has 1 aliphatic rings. The summed E-state index contributed by atoms with van der Waals surface area (Å²) in [6, 6.07) is 8.35. The Hall–Kier alpha value is -2.22. The van der Waals surface area contributed by atoms with Crippen LogP contribution in [0.1, 0.15) is 19.3 Å². The second-order valence-electron chi connectivity index (χ2n) is 6.45. The maximum absolute atomic E-state index is 12.6. The monoisotopic (exact) mass is 393 g/mol. The van der Waals surface area contributed by atoms with E-state index in [0.717, 1.165) is 17.9 Å². The number of likely N-dealkylation sites (tertiary alicyclic amines) is 1. The van der Waals surface area contributed by atoms with Gasteiger partial charge in [0.05, 0.1) is 13.0 Å². The van der Waals surface area contributed by atoms with Gasteiger partial charge in [0.2, 0.25) is 5.91 Å². The van der Waals surface area contributed by atoms with E-state index in [2.05, 4.69) is 10.6 Å². The van der Waals surface area contributed by atoms with E-state index in [0.29, 0.717) is 25.9 Å². The zero-order chi connectivity index (χ0) is 19.6. The smallest absolute Gasteiger partial charge is 0.328 e. The fourth-order valence-corrected chi connectivity index (χ4v) is 3.49. The van der Waals surface area contributed by atoms with Crippen molar-refractivity contribution in [3.8, 4) is 0 Å². The third-order valence-corrected chi connectivity index (χ3v) is 5.16. The first-order valence-corrected chi connectivity index (χ1v) is 10.4. The highest BCUT2D eigenvalue weighted by Crippen LogP contribution is 2.19. The Balaban J connectivity index is 1.92. The van der Waals surface area contributed by atoms with Crippen LogP contribution in [0, 0.1) is 5.92 Å². The van der Waals surface area contributed by atoms with Gasteiger partial charge in [-0.25, -0.2) is 9.59 Å². The van der Waals surface area contributed by atoms with Crippen molar-refractivity contribution in [1.82, 2.24) is 10.2 Å². The van der Waals surface area contributed by atoms with Crippen LogP contribution in [0.4, 0.5) is 10.5 Å². The van der Waals surface area contributed by atoms with Crippen LogP contribution in [0.3, 0.4) is 0 Å². The number of carbonyl (C=O) groups excluding carboxylic acids is 3. The van der Waals surface area contributed by atoms with Gasteiger partial charge in [0.25, 0.3) is 0 Å². The van der Waals surface area contributed by atoms with Gasteiger partial charge >= 0.3 is 12.0 Å². The standard InChI is InChI=1S/C19H27N3O4S/c1-26-18(24)16(10-12-27-2)21-17(23)14-7-6-11-22(13-14)19(25)20-15-8-4-3-5-9-15/h3-5,8-9,14,16H,6-7,10-13H2,1-2H3,(H,20,25)(H,21,23)/t14-,16+/m0/s1. The summed E-state index contributed by atoms with van der Waals surface area (Å²) in [5, 5.41) is 5.64. The lowest BCUT2D eigenvalue weighted by Crippen LogP contribution is -2.50. The number of piperidine rings is 1. The zero-order valence-corrected chi connectivity index (χ0v) is 16.6. The number of anilines is 1. The number of carbonyl (C=O) groups is 3. The van der Waals surface area contributed by atoms with Crippen molar-refractivity contribution in [2.75, 3.05) is 37.5 Å². The van der Waals surface area contributed by atoms with Crippen molar-refractivity contribution in [2.45, 2.75) is 25.3 Å². The first kappa shape index (κ1) is 21.1. The normalized spacial score (nSPS) is 17.7. The molecule has 0 spiro atoms. The molecule has 1 aromatic rings. The van der Waals surface area contributed by atoms with Crippen LogP contribution in [0.2, 0.25) is 0 Å². The number of benzene rings is 1. The van der Waals surface area contributed by atoms with Crippen molar-refractivity contribution in [2.24, 2.45) is 5.92 Å². The van der Waals surface area contributed by atoms with Gasteiger partial charge in [0, 0.05) is 18.8 Å². The van der Waals surface area contributed by atoms with Gasteiger partial charge in [0.1, 0.15) is 6.04 Å². The highest BCUT2D eigenvalue weighted by Gasteiger charge is 2.31. The molecule has 0 saturated carbocycles. The Bertz CT molecular complexity index is 641. The summed E-state index contributed by atoms with van der Waals surface area (Å²) in [6.45, 7) is 0.941. The molecule has 148 valence electrons. The SMILES string of the molecule is COC(=O)[C@@H](CCSC)NC(=O)[C@H]1CCCN(C(=O)Nc2ccccc2)C1. The van der Waals surface area contributed by atoms with Gasteiger partial charge in [-0.1, -0.05) is 18.2 Å². The number of nitrogens with zero attached hydrogens (tertiary/aromatic N) is 1. The van der Waals surface area contributed by atoms with Gasteiger partial charge in [-0.15, -0.1) is 0 Å². The number of rotatable bonds is 7. The van der Waals surface area contributed by atoms with E-state index in [1.54, 1.807) is 16.7 Å². The Morgan fingerprint density at radius 1 is 1.30 bits per heavy atom. The summed E-state index contributed by atoms with van der Waals surface area (Å²) in [4.78, 5) is 38.6. The quantitative estimate of drug-likeness (QED) is 0.695. The van der Waals surface area contributed by atoms with Crippen LogP contribution in [0.5, 0.6) is 0 Å². The van der Waals surface area contributed by atoms with Crippen LogP contribution in [-0.2, 0) is 14.3 Å². The first-order valence-electron chi connectivity index (χ1n) is 9.03. The van der Waals surface area contributed by atoms with E-state index in [1.165, 1.54) is 7.11 Å². The number of hydrogen-bond acceptors (Lipinski definition) is 5. The molecule has 0 bridgehead atoms. The molecule has 7 nitrogen and oxygen atoms in total. The van der Waals surface area contributed by atoms with E-state index in [4.69, 9.17) is 4.74 Å². The first-order chi connectivity index (χ1) is 13.0. The Kier molecular flexibility index (Phi) is 8.44. The van der Waals surface area contributed by atoms with Gasteiger partial charge in [-0.05, 0) is 43.4 Å². The summed E-state index contributed by atoms with van der Waals surface area (Å²) in [5.74, 6) is -0.228. The van der Waals surface area contributed by atoms with Gasteiger partial charge in [0.15, 0.2) is 0 Å². The lowest BCUT2D eigenvalue weighted by Gasteiger charge is -2.32. The number of amides is 3. The molecule has 1 saturated heterocycles. The van der Waals surface area contributed by atoms with Crippen molar-refractivity contribution in [3.63, 3.8) is 0 Å². The Morgan fingerprint density at radius 2 is 2.04 bits per heavy atom. The van der Waals surface area contributed by atoms with Crippen LogP contribution in [0.15, 0.2) is 30.3 Å². The predicted octanol–water partition coefficient (Wildman–Crippen LogP) is 2.34. The van der Waals surface area contributed by atoms with E-state index >= 15 is 0 Å². The number of thioether (sulfide) groups is 1. The molecule has 1 aromatic carbocycles. The minimum Gasteiger partial charge on any atom is -0.467 e. The average Bonchev–Trinajstić information content (AvgIpc) is 2.71. The second kappa shape index (κ2) is 10.8. The molecule has 1 fully saturated rings. The number of hydrogen-bond donors (Lipinski definition) is 2. The summed E-state index contributed by atoms with van der Waals surface area (Å²) in [7, 11) is 1.32. The molecule has 3 amide bonds. The number of para-hydroxylation sites is 1. The highest BCUT2D eigenvalue weighted by molar-refractivity contribution is 7.98. The van der Waals surface area contributed by atoms with Crippen molar-refractivity contribution in [3.05, 3.63) is 30.3 Å². The molecular weight excluding hydrogens is 366 g/mol. The Labute approximate surface area is 164 Å². The lowest BCUT2D eigenvalue weighted by atomic mass is 9.97. The molecule has 1 aliphatic heterocycles. The fraction of sp³-hybridized carbons (Fsp3) is 0.526. The maximum Gasteiger partial charge on any atom is 0.328 e. The summed E-state index contributed by atoms with van der Waals surface area (Å²) in [6.07, 6.45) is 3.90. The molecule has 0 radical (unpaired) electrons. The average molecular weight is 394 g/mol. The zero-order valence-electron chi connectivity index (χ0n) is 15.8. The highest BCUT2D eigenvalue weighted by atomic mass is 32.2. The van der Waals surface area contributed by atoms with E-state index in [9.17, 15) is 14.4 Å². The molecule has 27 heavy (non-hydrogen) atoms. The third kappa shape index (κ3) is 6.46. The van der Waals surface area contributed by atoms with E-state index in [1.807, 2.05) is 36.6 Å². The third-order valence-electron chi connectivity index (χ3n) is 4.52. The molecule has 2 N–H and O–H groups in total. The second-order valence-corrected chi connectivity index (χ2v) is 7.43. The predicted molar refractivity (Wildman–Crippen MR) is 107 cm³/mol. The summed E-state index contributed by atoms with van der Waals surface area (Å²) >= 11 is 1.61. The molecular formula is C19H27N3O4S. The molecule has 2 atom stereocenters. The summed E-state index contributed by atoms with van der Waals surface area (Å²) in [5.41, 5.74) is 0.719. The maximum atomic E-state index is 12.6. The van der Waals surface area contributed by atoms with Gasteiger partial charge < -0.3 is 20.3 Å². The van der Waals surface area contributed by atoms with E-state index < -0.39 is 12.0 Å². The van der Waals surface area contributed by atoms with Gasteiger partial charge in [-0.3, -0.25) is 4.79 Å². The van der Waals surface area contributed by atoms with E-state index in [-0.39, 0.29) is 17.9 Å². The largest absolute Gasteiger partial charge is 0.467 e. The number of methoxy groups -OCH3 is 1. The molecule has 8 heteroatoms. The summed E-state index contributed by atoms with van der Waals surface area (Å²) < 4.78 is 4.79. The topological polar surface area (TPSA) is 87.7 Å². The van der Waals surface area contributed by atoms with Gasteiger partial charge in [-0.2, -0.15) is 11.8 Å². The molecule has 0 aliphatic carbocycles.